The van der Waals surface area contributed by atoms with Crippen LogP contribution >= 0.6 is 0 Å². The van der Waals surface area contributed by atoms with Crippen molar-refractivity contribution < 1.29 is 19.6 Å². The molecule has 0 spiro atoms. The first-order valence-corrected chi connectivity index (χ1v) is 8.11. The van der Waals surface area contributed by atoms with Crippen molar-refractivity contribution in [2.24, 2.45) is 11.8 Å². The highest BCUT2D eigenvalue weighted by molar-refractivity contribution is 5.84. The van der Waals surface area contributed by atoms with Gasteiger partial charge in [-0.25, -0.2) is 0 Å². The van der Waals surface area contributed by atoms with Gasteiger partial charge in [-0.2, -0.15) is 0 Å². The molecule has 1 amide bonds. The average Bonchev–Trinajstić information content (AvgIpc) is 2.49. The number of aliphatic carboxylic acids is 1. The molecule has 0 aromatic carbocycles. The summed E-state index contributed by atoms with van der Waals surface area (Å²) in [6.45, 7) is 5.57. The van der Waals surface area contributed by atoms with Crippen molar-refractivity contribution in [2.45, 2.75) is 45.1 Å². The van der Waals surface area contributed by atoms with Gasteiger partial charge in [-0.15, -0.1) is 0 Å². The maximum atomic E-state index is 12.3. The fourth-order valence-corrected chi connectivity index (χ4v) is 3.45. The molecule has 1 heterocycles. The summed E-state index contributed by atoms with van der Waals surface area (Å²) in [6, 6.07) is 0.200. The van der Waals surface area contributed by atoms with Crippen LogP contribution in [0.2, 0.25) is 0 Å². The van der Waals surface area contributed by atoms with E-state index in [1.807, 2.05) is 12.2 Å². The van der Waals surface area contributed by atoms with Crippen LogP contribution in [0, 0.1) is 11.8 Å². The van der Waals surface area contributed by atoms with Gasteiger partial charge in [0.25, 0.3) is 0 Å². The number of amides is 1. The van der Waals surface area contributed by atoms with Crippen LogP contribution in [0.25, 0.3) is 0 Å². The van der Waals surface area contributed by atoms with Gasteiger partial charge in [0.2, 0.25) is 5.91 Å². The van der Waals surface area contributed by atoms with Gasteiger partial charge in [0, 0.05) is 36.7 Å². The second kappa shape index (κ2) is 7.59. The van der Waals surface area contributed by atoms with Crippen molar-refractivity contribution in [3.05, 3.63) is 12.2 Å². The minimum absolute atomic E-state index is 0.113. The summed E-state index contributed by atoms with van der Waals surface area (Å²) in [5.74, 6) is -2.37. The second-order valence-corrected chi connectivity index (χ2v) is 6.26. The van der Waals surface area contributed by atoms with Gasteiger partial charge < -0.3 is 20.1 Å². The number of nitrogens with one attached hydrogen (secondary N) is 2. The number of rotatable bonds is 5. The zero-order valence-electron chi connectivity index (χ0n) is 12.8. The quantitative estimate of drug-likeness (QED) is 0.632. The van der Waals surface area contributed by atoms with Crippen LogP contribution in [0.15, 0.2) is 12.2 Å². The van der Waals surface area contributed by atoms with Crippen molar-refractivity contribution in [3.8, 4) is 0 Å². The van der Waals surface area contributed by atoms with Gasteiger partial charge in [0.15, 0.2) is 0 Å². The number of carbonyl (C=O) groups excluding carboxylic acids is 2. The first kappa shape index (κ1) is 16.0. The predicted octanol–water partition coefficient (Wildman–Crippen LogP) is -1.11. The Morgan fingerprint density at radius 2 is 1.81 bits per heavy atom. The summed E-state index contributed by atoms with van der Waals surface area (Å²) in [5, 5.41) is 14.2. The molecule has 0 bridgehead atoms. The number of hydrogen-bond acceptors (Lipinski definition) is 3. The van der Waals surface area contributed by atoms with Gasteiger partial charge in [0.05, 0.1) is 19.6 Å². The molecule has 2 rings (SSSR count). The Morgan fingerprint density at radius 1 is 1.19 bits per heavy atom. The van der Waals surface area contributed by atoms with Crippen molar-refractivity contribution in [1.82, 2.24) is 5.32 Å². The van der Waals surface area contributed by atoms with Gasteiger partial charge >= 0.3 is 0 Å². The Balaban J connectivity index is 1.84. The van der Waals surface area contributed by atoms with E-state index in [9.17, 15) is 14.7 Å². The molecular weight excluding hydrogens is 268 g/mol. The number of hydrogen-bond donors (Lipinski definition) is 2. The molecule has 1 saturated heterocycles. The Bertz CT molecular complexity index is 400. The van der Waals surface area contributed by atoms with E-state index < -0.39 is 17.8 Å². The molecule has 21 heavy (non-hydrogen) atoms. The van der Waals surface area contributed by atoms with Gasteiger partial charge in [-0.05, 0) is 19.3 Å². The molecule has 2 aliphatic rings. The highest BCUT2D eigenvalue weighted by atomic mass is 16.4. The number of carboxylic acid groups (broad SMARTS) is 1. The Labute approximate surface area is 126 Å². The van der Waals surface area contributed by atoms with Gasteiger partial charge in [0.1, 0.15) is 0 Å². The van der Waals surface area contributed by atoms with Crippen LogP contribution < -0.4 is 15.3 Å². The molecule has 0 aromatic rings. The van der Waals surface area contributed by atoms with Gasteiger partial charge in [-0.1, -0.05) is 19.1 Å². The van der Waals surface area contributed by atoms with E-state index in [0.717, 1.165) is 25.9 Å². The molecule has 0 unspecified atom stereocenters. The van der Waals surface area contributed by atoms with Gasteiger partial charge in [-0.3, -0.25) is 4.79 Å². The lowest BCUT2D eigenvalue weighted by Gasteiger charge is -2.33. The molecule has 2 atom stereocenters. The zero-order chi connectivity index (χ0) is 15.2. The van der Waals surface area contributed by atoms with Crippen molar-refractivity contribution in [1.29, 1.82) is 0 Å². The molecule has 1 fully saturated rings. The average molecular weight is 294 g/mol. The monoisotopic (exact) mass is 294 g/mol. The van der Waals surface area contributed by atoms with Crippen LogP contribution in [0.4, 0.5) is 0 Å². The van der Waals surface area contributed by atoms with E-state index in [0.29, 0.717) is 12.8 Å². The first-order valence-electron chi connectivity index (χ1n) is 8.11. The third-order valence-electron chi connectivity index (χ3n) is 4.71. The number of carbonyl (C=O) groups is 2. The fourth-order valence-electron chi connectivity index (χ4n) is 3.45. The number of carboxylic acids is 1. The normalized spacial score (nSPS) is 32.6. The van der Waals surface area contributed by atoms with Crippen molar-refractivity contribution in [3.63, 3.8) is 0 Å². The van der Waals surface area contributed by atoms with Crippen LogP contribution in [0.5, 0.6) is 0 Å². The summed E-state index contributed by atoms with van der Waals surface area (Å²) in [7, 11) is 0. The highest BCUT2D eigenvalue weighted by Gasteiger charge is 2.32. The Hall–Kier alpha value is -1.36. The van der Waals surface area contributed by atoms with E-state index in [2.05, 4.69) is 12.2 Å². The second-order valence-electron chi connectivity index (χ2n) is 6.26. The topological polar surface area (TPSA) is 73.7 Å². The minimum atomic E-state index is -1.11. The smallest absolute Gasteiger partial charge is 0.224 e. The maximum absolute atomic E-state index is 12.3. The molecule has 2 N–H and O–H groups in total. The van der Waals surface area contributed by atoms with Crippen molar-refractivity contribution in [2.75, 3.05) is 19.6 Å². The van der Waals surface area contributed by atoms with E-state index in [1.165, 1.54) is 13.0 Å². The standard InChI is InChI=1S/C16H26N2O3/c1-2-9-18-10-7-12(8-11-18)17-15(19)13-5-3-4-6-14(13)16(20)21/h3-4,12-14H,2,5-11H2,1H3,(H,17,19)(H,20,21)/t13-,14-/m0/s1. The van der Waals surface area contributed by atoms with E-state index in [1.54, 1.807) is 4.90 Å². The fraction of sp³-hybridized carbons (Fsp3) is 0.750. The molecule has 118 valence electrons. The molecule has 0 radical (unpaired) electrons. The lowest BCUT2D eigenvalue weighted by molar-refractivity contribution is -0.905. The molecule has 5 heteroatoms. The first-order chi connectivity index (χ1) is 10.1. The largest absolute Gasteiger partial charge is 0.550 e. The SMILES string of the molecule is CCC[NH+]1CCC(NC(=O)[C@H]2CC=CC[C@@H]2C(=O)[O-])CC1. The maximum Gasteiger partial charge on any atom is 0.224 e. The third-order valence-corrected chi connectivity index (χ3v) is 4.71. The summed E-state index contributed by atoms with van der Waals surface area (Å²) >= 11 is 0. The Kier molecular flexibility index (Phi) is 5.79. The van der Waals surface area contributed by atoms with E-state index in [-0.39, 0.29) is 11.9 Å². The Morgan fingerprint density at radius 3 is 2.38 bits per heavy atom. The van der Waals surface area contributed by atoms with Crippen LogP contribution in [-0.4, -0.2) is 37.6 Å². The van der Waals surface area contributed by atoms with Crippen LogP contribution in [0.3, 0.4) is 0 Å². The summed E-state index contributed by atoms with van der Waals surface area (Å²) < 4.78 is 0. The van der Waals surface area contributed by atoms with Crippen LogP contribution in [-0.2, 0) is 9.59 Å². The molecule has 5 nitrogen and oxygen atoms in total. The zero-order valence-corrected chi connectivity index (χ0v) is 12.8. The number of likely N-dealkylation sites (tertiary alicyclic amines) is 1. The predicted molar refractivity (Wildman–Crippen MR) is 77.4 cm³/mol. The molecular formula is C16H26N2O3. The molecule has 1 aliphatic carbocycles. The third kappa shape index (κ3) is 4.30. The lowest BCUT2D eigenvalue weighted by Crippen LogP contribution is -3.13. The number of allylic oxidation sites excluding steroid dienone is 2. The molecule has 0 saturated carbocycles. The van der Waals surface area contributed by atoms with E-state index in [4.69, 9.17) is 0 Å². The van der Waals surface area contributed by atoms with Crippen LogP contribution in [0.1, 0.15) is 39.0 Å². The highest BCUT2D eigenvalue weighted by Crippen LogP contribution is 2.25. The summed E-state index contributed by atoms with van der Waals surface area (Å²) in [4.78, 5) is 25.1. The minimum Gasteiger partial charge on any atom is -0.550 e. The number of piperidine rings is 1. The van der Waals surface area contributed by atoms with Crippen molar-refractivity contribution >= 4 is 11.9 Å². The van der Waals surface area contributed by atoms with E-state index >= 15 is 0 Å². The molecule has 1 aliphatic heterocycles. The summed E-state index contributed by atoms with van der Waals surface area (Å²) in [5.41, 5.74) is 0. The number of quaternary nitrogens is 1. The summed E-state index contributed by atoms with van der Waals surface area (Å²) in [6.07, 6.45) is 7.80. The lowest BCUT2D eigenvalue weighted by atomic mass is 9.82. The molecule has 0 aromatic heterocycles.